The number of carbonyl (C=O) groups is 2. The van der Waals surface area contributed by atoms with Crippen molar-refractivity contribution in [3.63, 3.8) is 0 Å². The summed E-state index contributed by atoms with van der Waals surface area (Å²) in [6, 6.07) is 0. The van der Waals surface area contributed by atoms with Gasteiger partial charge in [0.25, 0.3) is 0 Å². The van der Waals surface area contributed by atoms with Gasteiger partial charge in [-0.05, 0) is 38.7 Å². The summed E-state index contributed by atoms with van der Waals surface area (Å²) in [7, 11) is 0. The molecule has 3 rings (SSSR count). The summed E-state index contributed by atoms with van der Waals surface area (Å²) in [6.45, 7) is 6.94. The third-order valence-corrected chi connectivity index (χ3v) is 6.73. The number of aryl methyl sites for hydroxylation is 2. The van der Waals surface area contributed by atoms with Gasteiger partial charge in [-0.2, -0.15) is 0 Å². The van der Waals surface area contributed by atoms with Gasteiger partial charge >= 0.3 is 5.97 Å². The molecule has 2 aromatic rings. The maximum Gasteiger partial charge on any atom is 0.341 e. The molecule has 0 bridgehead atoms. The molecule has 0 spiro atoms. The lowest BCUT2D eigenvalue weighted by atomic mass is 10.1. The zero-order valence-corrected chi connectivity index (χ0v) is 18.2. The van der Waals surface area contributed by atoms with Crippen LogP contribution < -0.4 is 5.32 Å². The number of rotatable bonds is 7. The van der Waals surface area contributed by atoms with E-state index in [1.807, 2.05) is 13.8 Å². The summed E-state index contributed by atoms with van der Waals surface area (Å²) < 4.78 is 7.31. The Kier molecular flexibility index (Phi) is 7.12. The Labute approximate surface area is 173 Å². The van der Waals surface area contributed by atoms with E-state index in [0.29, 0.717) is 23.6 Å². The highest BCUT2D eigenvalue weighted by molar-refractivity contribution is 7.99. The Bertz CT molecular complexity index is 860. The number of hydrogen-bond donors (Lipinski definition) is 1. The molecule has 0 unspecified atom stereocenters. The molecule has 1 aliphatic heterocycles. The van der Waals surface area contributed by atoms with Crippen molar-refractivity contribution < 1.29 is 14.3 Å². The number of anilines is 1. The molecule has 7 nitrogen and oxygen atoms in total. The van der Waals surface area contributed by atoms with Gasteiger partial charge in [-0.15, -0.1) is 21.5 Å². The molecule has 0 saturated carbocycles. The first-order valence-corrected chi connectivity index (χ1v) is 11.5. The molecule has 152 valence electrons. The number of thioether (sulfide) groups is 1. The van der Waals surface area contributed by atoms with Crippen molar-refractivity contribution in [1.29, 1.82) is 0 Å². The highest BCUT2D eigenvalue weighted by Gasteiger charge is 2.24. The first kappa shape index (κ1) is 20.9. The van der Waals surface area contributed by atoms with Crippen molar-refractivity contribution >= 4 is 40.0 Å². The van der Waals surface area contributed by atoms with Crippen LogP contribution in [-0.2, 0) is 28.9 Å². The van der Waals surface area contributed by atoms with E-state index in [1.165, 1.54) is 29.5 Å². The number of aromatic nitrogens is 3. The summed E-state index contributed by atoms with van der Waals surface area (Å²) in [5, 5.41) is 12.8. The third-order valence-electron chi connectivity index (χ3n) is 4.70. The summed E-state index contributed by atoms with van der Waals surface area (Å²) in [6.07, 6.45) is 5.10. The SMILES string of the molecule is CCOC(=O)c1c(NC(=O)CSc2nnc3n2CCCCC3)sc(C)c1CC. The molecule has 0 fully saturated rings. The van der Waals surface area contributed by atoms with Gasteiger partial charge < -0.3 is 14.6 Å². The van der Waals surface area contributed by atoms with Crippen molar-refractivity contribution in [3.8, 4) is 0 Å². The van der Waals surface area contributed by atoms with Gasteiger partial charge in [-0.25, -0.2) is 4.79 Å². The van der Waals surface area contributed by atoms with Crippen molar-refractivity contribution in [1.82, 2.24) is 14.8 Å². The maximum atomic E-state index is 12.6. The number of thiophene rings is 1. The minimum absolute atomic E-state index is 0.162. The standard InChI is InChI=1S/C19H26N4O3S2/c1-4-13-12(3)28-17(16(13)18(25)26-5-2)20-15(24)11-27-19-22-21-14-9-7-6-8-10-23(14)19/h4-11H2,1-3H3,(H,20,24). The van der Waals surface area contributed by atoms with Crippen LogP contribution in [0.3, 0.4) is 0 Å². The highest BCUT2D eigenvalue weighted by Crippen LogP contribution is 2.34. The summed E-state index contributed by atoms with van der Waals surface area (Å²) in [4.78, 5) is 26.0. The second-order valence-corrected chi connectivity index (χ2v) is 8.78. The van der Waals surface area contributed by atoms with Crippen LogP contribution in [0.25, 0.3) is 0 Å². The quantitative estimate of drug-likeness (QED) is 0.539. The molecule has 1 N–H and O–H groups in total. The number of hydrogen-bond acceptors (Lipinski definition) is 7. The Morgan fingerprint density at radius 2 is 2.07 bits per heavy atom. The average Bonchev–Trinajstić information content (AvgIpc) is 3.10. The first-order chi connectivity index (χ1) is 13.5. The maximum absolute atomic E-state index is 12.6. The van der Waals surface area contributed by atoms with Crippen molar-refractivity contribution in [2.75, 3.05) is 17.7 Å². The molecule has 0 aliphatic carbocycles. The van der Waals surface area contributed by atoms with Gasteiger partial charge in [0.15, 0.2) is 5.16 Å². The van der Waals surface area contributed by atoms with E-state index in [9.17, 15) is 9.59 Å². The summed E-state index contributed by atoms with van der Waals surface area (Å²) in [5.74, 6) is 0.685. The second kappa shape index (κ2) is 9.56. The van der Waals surface area contributed by atoms with E-state index in [1.54, 1.807) is 6.92 Å². The Balaban J connectivity index is 1.69. The van der Waals surface area contributed by atoms with Crippen LogP contribution in [0.4, 0.5) is 5.00 Å². The Morgan fingerprint density at radius 1 is 1.25 bits per heavy atom. The molecular formula is C19H26N4O3S2. The van der Waals surface area contributed by atoms with E-state index in [0.717, 1.165) is 47.2 Å². The lowest BCUT2D eigenvalue weighted by Crippen LogP contribution is -2.17. The molecule has 1 aliphatic rings. The van der Waals surface area contributed by atoms with Gasteiger partial charge in [0.2, 0.25) is 5.91 Å². The fraction of sp³-hybridized carbons (Fsp3) is 0.579. The number of esters is 1. The van der Waals surface area contributed by atoms with Crippen molar-refractivity contribution in [2.24, 2.45) is 0 Å². The lowest BCUT2D eigenvalue weighted by Gasteiger charge is -2.08. The molecule has 2 aromatic heterocycles. The van der Waals surface area contributed by atoms with E-state index >= 15 is 0 Å². The minimum atomic E-state index is -0.380. The average molecular weight is 423 g/mol. The molecule has 0 saturated heterocycles. The van der Waals surface area contributed by atoms with Crippen LogP contribution in [-0.4, -0.2) is 39.0 Å². The van der Waals surface area contributed by atoms with Crippen LogP contribution in [0, 0.1) is 6.92 Å². The predicted molar refractivity (Wildman–Crippen MR) is 111 cm³/mol. The number of fused-ring (bicyclic) bond motifs is 1. The van der Waals surface area contributed by atoms with Crippen LogP contribution in [0.1, 0.15) is 59.7 Å². The van der Waals surface area contributed by atoms with Gasteiger partial charge in [0, 0.05) is 17.8 Å². The zero-order chi connectivity index (χ0) is 20.1. The molecule has 0 aromatic carbocycles. The van der Waals surface area contributed by atoms with Crippen molar-refractivity contribution in [3.05, 3.63) is 21.8 Å². The number of amides is 1. The monoisotopic (exact) mass is 422 g/mol. The highest BCUT2D eigenvalue weighted by atomic mass is 32.2. The summed E-state index contributed by atoms with van der Waals surface area (Å²) in [5.41, 5.74) is 1.43. The second-order valence-electron chi connectivity index (χ2n) is 6.61. The number of nitrogens with one attached hydrogen (secondary N) is 1. The van der Waals surface area contributed by atoms with E-state index in [2.05, 4.69) is 20.1 Å². The molecular weight excluding hydrogens is 396 g/mol. The Morgan fingerprint density at radius 3 is 2.82 bits per heavy atom. The zero-order valence-electron chi connectivity index (χ0n) is 16.5. The molecule has 3 heterocycles. The summed E-state index contributed by atoms with van der Waals surface area (Å²) >= 11 is 2.81. The first-order valence-electron chi connectivity index (χ1n) is 9.69. The minimum Gasteiger partial charge on any atom is -0.462 e. The van der Waals surface area contributed by atoms with Crippen molar-refractivity contribution in [2.45, 2.75) is 64.6 Å². The van der Waals surface area contributed by atoms with Crippen LogP contribution in [0.15, 0.2) is 5.16 Å². The predicted octanol–water partition coefficient (Wildman–Crippen LogP) is 3.84. The molecule has 1 amide bonds. The number of nitrogens with zero attached hydrogens (tertiary/aromatic N) is 3. The Hall–Kier alpha value is -1.87. The molecule has 0 radical (unpaired) electrons. The van der Waals surface area contributed by atoms with E-state index < -0.39 is 0 Å². The third kappa shape index (κ3) is 4.57. The van der Waals surface area contributed by atoms with Crippen LogP contribution in [0.5, 0.6) is 0 Å². The number of carbonyl (C=O) groups excluding carboxylic acids is 2. The fourth-order valence-corrected chi connectivity index (χ4v) is 5.30. The van der Waals surface area contributed by atoms with Gasteiger partial charge in [0.05, 0.1) is 17.9 Å². The normalized spacial score (nSPS) is 13.7. The van der Waals surface area contributed by atoms with E-state index in [4.69, 9.17) is 4.74 Å². The number of ether oxygens (including phenoxy) is 1. The molecule has 0 atom stereocenters. The van der Waals surface area contributed by atoms with Crippen LogP contribution in [0.2, 0.25) is 0 Å². The topological polar surface area (TPSA) is 86.1 Å². The van der Waals surface area contributed by atoms with Gasteiger partial charge in [0.1, 0.15) is 10.8 Å². The molecule has 28 heavy (non-hydrogen) atoms. The van der Waals surface area contributed by atoms with E-state index in [-0.39, 0.29) is 17.6 Å². The van der Waals surface area contributed by atoms with Gasteiger partial charge in [-0.3, -0.25) is 4.79 Å². The van der Waals surface area contributed by atoms with Gasteiger partial charge in [-0.1, -0.05) is 25.1 Å². The smallest absolute Gasteiger partial charge is 0.341 e. The van der Waals surface area contributed by atoms with Crippen LogP contribution >= 0.6 is 23.1 Å². The lowest BCUT2D eigenvalue weighted by molar-refractivity contribution is -0.113. The fourth-order valence-electron chi connectivity index (χ4n) is 3.37. The molecule has 9 heteroatoms. The largest absolute Gasteiger partial charge is 0.462 e.